The summed E-state index contributed by atoms with van der Waals surface area (Å²) in [5, 5.41) is 3.34. The van der Waals surface area contributed by atoms with E-state index in [0.29, 0.717) is 0 Å². The molecule has 0 spiro atoms. The van der Waals surface area contributed by atoms with Crippen LogP contribution in [0.2, 0.25) is 0 Å². The quantitative estimate of drug-likeness (QED) is 0.710. The van der Waals surface area contributed by atoms with Gasteiger partial charge in [0.05, 0.1) is 13.0 Å². The van der Waals surface area contributed by atoms with E-state index in [1.807, 2.05) is 0 Å². The van der Waals surface area contributed by atoms with Gasteiger partial charge in [-0.25, -0.2) is 0 Å². The Morgan fingerprint density at radius 1 is 1.53 bits per heavy atom. The number of carbonyl (C=O) groups excluding carboxylic acids is 1. The van der Waals surface area contributed by atoms with E-state index in [4.69, 9.17) is 4.74 Å². The van der Waals surface area contributed by atoms with Gasteiger partial charge in [0, 0.05) is 13.1 Å². The van der Waals surface area contributed by atoms with Gasteiger partial charge in [0.25, 0.3) is 0 Å². The molecule has 0 aromatic heterocycles. The van der Waals surface area contributed by atoms with Crippen LogP contribution in [-0.4, -0.2) is 26.2 Å². The Kier molecular flexibility index (Phi) is 4.58. The Morgan fingerprint density at radius 2 is 2.27 bits per heavy atom. The summed E-state index contributed by atoms with van der Waals surface area (Å²) in [6.45, 7) is 6.12. The smallest absolute Gasteiger partial charge is 0.310 e. The van der Waals surface area contributed by atoms with E-state index >= 15 is 0 Å². The molecule has 1 rings (SSSR count). The van der Waals surface area contributed by atoms with Gasteiger partial charge < -0.3 is 10.1 Å². The second kappa shape index (κ2) is 5.50. The minimum atomic E-state index is -0.0436. The van der Waals surface area contributed by atoms with Crippen molar-refractivity contribution in [2.24, 2.45) is 11.3 Å². The maximum Gasteiger partial charge on any atom is 0.310 e. The predicted molar refractivity (Wildman–Crippen MR) is 60.6 cm³/mol. The fraction of sp³-hybridized carbons (Fsp3) is 0.917. The molecule has 1 heterocycles. The van der Waals surface area contributed by atoms with Crippen molar-refractivity contribution >= 4 is 5.97 Å². The average Bonchev–Trinajstić information content (AvgIpc) is 2.69. The van der Waals surface area contributed by atoms with Crippen molar-refractivity contribution in [1.29, 1.82) is 0 Å². The molecule has 3 nitrogen and oxygen atoms in total. The molecule has 0 bridgehead atoms. The first-order chi connectivity index (χ1) is 7.20. The lowest BCUT2D eigenvalue weighted by atomic mass is 9.72. The molecule has 1 saturated heterocycles. The van der Waals surface area contributed by atoms with E-state index in [0.717, 1.165) is 25.9 Å². The largest absolute Gasteiger partial charge is 0.469 e. The fourth-order valence-electron chi connectivity index (χ4n) is 2.62. The van der Waals surface area contributed by atoms with Gasteiger partial charge in [-0.05, 0) is 18.3 Å². The molecule has 1 aliphatic rings. The summed E-state index contributed by atoms with van der Waals surface area (Å²) in [7, 11) is 1.49. The summed E-state index contributed by atoms with van der Waals surface area (Å²) in [6, 6.07) is 0. The zero-order valence-electron chi connectivity index (χ0n) is 10.1. The highest BCUT2D eigenvalue weighted by atomic mass is 16.5. The highest BCUT2D eigenvalue weighted by Crippen LogP contribution is 2.40. The van der Waals surface area contributed by atoms with E-state index in [2.05, 4.69) is 19.2 Å². The summed E-state index contributed by atoms with van der Waals surface area (Å²) in [6.07, 6.45) is 4.57. The molecule has 1 N–H and O–H groups in total. The van der Waals surface area contributed by atoms with Crippen molar-refractivity contribution in [3.8, 4) is 0 Å². The molecule has 1 fully saturated rings. The number of hydrogen-bond donors (Lipinski definition) is 1. The monoisotopic (exact) mass is 213 g/mol. The molecule has 2 unspecified atom stereocenters. The zero-order valence-corrected chi connectivity index (χ0v) is 10.1. The first kappa shape index (κ1) is 12.5. The van der Waals surface area contributed by atoms with Gasteiger partial charge in [-0.2, -0.15) is 0 Å². The number of nitrogens with one attached hydrogen (secondary N) is 1. The SMILES string of the molecule is CCCCC1(CC)CNCC1C(=O)OC. The van der Waals surface area contributed by atoms with Gasteiger partial charge in [-0.3, -0.25) is 4.79 Å². The maximum absolute atomic E-state index is 11.7. The maximum atomic E-state index is 11.7. The van der Waals surface area contributed by atoms with E-state index in [1.54, 1.807) is 0 Å². The molecule has 1 aliphatic heterocycles. The molecule has 2 atom stereocenters. The Balaban J connectivity index is 2.71. The number of methoxy groups -OCH3 is 1. The Labute approximate surface area is 92.6 Å². The van der Waals surface area contributed by atoms with Crippen molar-refractivity contribution in [2.45, 2.75) is 39.5 Å². The van der Waals surface area contributed by atoms with Crippen molar-refractivity contribution in [2.75, 3.05) is 20.2 Å². The second-order valence-electron chi connectivity index (χ2n) is 4.53. The molecule has 0 saturated carbocycles. The van der Waals surface area contributed by atoms with E-state index in [9.17, 15) is 4.79 Å². The number of hydrogen-bond acceptors (Lipinski definition) is 3. The molecule has 0 radical (unpaired) electrons. The highest BCUT2D eigenvalue weighted by Gasteiger charge is 2.45. The minimum Gasteiger partial charge on any atom is -0.469 e. The lowest BCUT2D eigenvalue weighted by molar-refractivity contribution is -0.148. The molecular formula is C12H23NO2. The zero-order chi connectivity index (χ0) is 11.3. The van der Waals surface area contributed by atoms with E-state index in [1.165, 1.54) is 20.0 Å². The Hall–Kier alpha value is -0.570. The second-order valence-corrected chi connectivity index (χ2v) is 4.53. The van der Waals surface area contributed by atoms with Crippen molar-refractivity contribution < 1.29 is 9.53 Å². The van der Waals surface area contributed by atoms with Gasteiger partial charge in [0.1, 0.15) is 0 Å². The minimum absolute atomic E-state index is 0.0436. The Bertz CT molecular complexity index is 218. The van der Waals surface area contributed by atoms with Crippen LogP contribution in [0, 0.1) is 11.3 Å². The molecule has 15 heavy (non-hydrogen) atoms. The molecule has 0 amide bonds. The van der Waals surface area contributed by atoms with E-state index in [-0.39, 0.29) is 17.3 Å². The molecule has 3 heteroatoms. The average molecular weight is 213 g/mol. The van der Waals surface area contributed by atoms with Crippen molar-refractivity contribution in [3.63, 3.8) is 0 Å². The molecule has 0 aliphatic carbocycles. The molecule has 0 aromatic carbocycles. The van der Waals surface area contributed by atoms with Gasteiger partial charge >= 0.3 is 5.97 Å². The summed E-state index contributed by atoms with van der Waals surface area (Å²) in [4.78, 5) is 11.7. The summed E-state index contributed by atoms with van der Waals surface area (Å²) >= 11 is 0. The number of rotatable bonds is 5. The predicted octanol–water partition coefficient (Wildman–Crippen LogP) is 1.97. The molecule has 0 aromatic rings. The van der Waals surface area contributed by atoms with Crippen LogP contribution in [0.3, 0.4) is 0 Å². The number of unbranched alkanes of at least 4 members (excludes halogenated alkanes) is 1. The standard InChI is InChI=1S/C12H23NO2/c1-4-6-7-12(5-2)9-13-8-10(12)11(14)15-3/h10,13H,4-9H2,1-3H3. The number of ether oxygens (including phenoxy) is 1. The van der Waals surface area contributed by atoms with Crippen LogP contribution in [0.4, 0.5) is 0 Å². The summed E-state index contributed by atoms with van der Waals surface area (Å²) in [5.74, 6) is 0.0111. The van der Waals surface area contributed by atoms with Crippen LogP contribution < -0.4 is 5.32 Å². The third-order valence-corrected chi connectivity index (χ3v) is 3.78. The van der Waals surface area contributed by atoms with Crippen LogP contribution in [0.5, 0.6) is 0 Å². The highest BCUT2D eigenvalue weighted by molar-refractivity contribution is 5.74. The normalized spacial score (nSPS) is 30.5. The third kappa shape index (κ3) is 2.51. The molecular weight excluding hydrogens is 190 g/mol. The third-order valence-electron chi connectivity index (χ3n) is 3.78. The van der Waals surface area contributed by atoms with Crippen molar-refractivity contribution in [3.05, 3.63) is 0 Å². The van der Waals surface area contributed by atoms with Gasteiger partial charge in [-0.15, -0.1) is 0 Å². The topological polar surface area (TPSA) is 38.3 Å². The summed E-state index contributed by atoms with van der Waals surface area (Å²) < 4.78 is 4.89. The first-order valence-electron chi connectivity index (χ1n) is 5.98. The van der Waals surface area contributed by atoms with Gasteiger partial charge in [-0.1, -0.05) is 26.7 Å². The lowest BCUT2D eigenvalue weighted by Gasteiger charge is -2.32. The lowest BCUT2D eigenvalue weighted by Crippen LogP contribution is -2.35. The fourth-order valence-corrected chi connectivity index (χ4v) is 2.62. The summed E-state index contributed by atoms with van der Waals surface area (Å²) in [5.41, 5.74) is 0.142. The first-order valence-corrected chi connectivity index (χ1v) is 5.98. The van der Waals surface area contributed by atoms with Crippen LogP contribution in [0.1, 0.15) is 39.5 Å². The van der Waals surface area contributed by atoms with Gasteiger partial charge in [0.15, 0.2) is 0 Å². The molecule has 88 valence electrons. The number of esters is 1. The van der Waals surface area contributed by atoms with Crippen LogP contribution >= 0.6 is 0 Å². The van der Waals surface area contributed by atoms with Crippen molar-refractivity contribution in [1.82, 2.24) is 5.32 Å². The van der Waals surface area contributed by atoms with Crippen LogP contribution in [-0.2, 0) is 9.53 Å². The Morgan fingerprint density at radius 3 is 2.80 bits per heavy atom. The number of carbonyl (C=O) groups is 1. The van der Waals surface area contributed by atoms with Crippen LogP contribution in [0.25, 0.3) is 0 Å². The van der Waals surface area contributed by atoms with E-state index < -0.39 is 0 Å². The van der Waals surface area contributed by atoms with Gasteiger partial charge in [0.2, 0.25) is 0 Å². The van der Waals surface area contributed by atoms with Crippen LogP contribution in [0.15, 0.2) is 0 Å².